The number of rotatable bonds is 4. The summed E-state index contributed by atoms with van der Waals surface area (Å²) in [4.78, 5) is 11.6. The molecule has 0 aliphatic heterocycles. The lowest BCUT2D eigenvalue weighted by Crippen LogP contribution is -2.09. The Morgan fingerprint density at radius 3 is 2.11 bits per heavy atom. The highest BCUT2D eigenvalue weighted by atomic mass is 79.9. The third-order valence-corrected chi connectivity index (χ3v) is 2.89. The van der Waals surface area contributed by atoms with E-state index < -0.39 is 0 Å². The normalized spacial score (nSPS) is 11.9. The molecular weight excluding hydrogens is 292 g/mol. The fourth-order valence-corrected chi connectivity index (χ4v) is 1.81. The zero-order valence-electron chi connectivity index (χ0n) is 9.97. The standard InChI is InChI=1S/C15H13BrO2/c1-11(16)15(17)12-7-9-14(10-8-12)18-13-5-3-2-4-6-13/h2-11H,1H3/t11-/m1/s1. The topological polar surface area (TPSA) is 26.3 Å². The Bertz CT molecular complexity index is 518. The second-order valence-electron chi connectivity index (χ2n) is 3.92. The van der Waals surface area contributed by atoms with E-state index >= 15 is 0 Å². The number of hydrogen-bond donors (Lipinski definition) is 0. The molecule has 0 fully saturated rings. The second-order valence-corrected chi connectivity index (χ2v) is 5.29. The maximum absolute atomic E-state index is 11.7. The maximum atomic E-state index is 11.7. The first-order valence-electron chi connectivity index (χ1n) is 5.68. The van der Waals surface area contributed by atoms with Gasteiger partial charge in [-0.25, -0.2) is 0 Å². The Morgan fingerprint density at radius 1 is 1.00 bits per heavy atom. The van der Waals surface area contributed by atoms with Crippen molar-refractivity contribution >= 4 is 21.7 Å². The minimum atomic E-state index is -0.168. The Hall–Kier alpha value is -1.61. The summed E-state index contributed by atoms with van der Waals surface area (Å²) < 4.78 is 5.65. The van der Waals surface area contributed by atoms with Crippen molar-refractivity contribution in [2.75, 3.05) is 0 Å². The van der Waals surface area contributed by atoms with Crippen LogP contribution in [0.4, 0.5) is 0 Å². The third kappa shape index (κ3) is 3.20. The van der Waals surface area contributed by atoms with Crippen molar-refractivity contribution < 1.29 is 9.53 Å². The van der Waals surface area contributed by atoms with Crippen LogP contribution < -0.4 is 4.74 Å². The molecule has 0 saturated carbocycles. The molecule has 0 radical (unpaired) electrons. The van der Waals surface area contributed by atoms with E-state index in [1.807, 2.05) is 37.3 Å². The zero-order chi connectivity index (χ0) is 13.0. The van der Waals surface area contributed by atoms with Gasteiger partial charge >= 0.3 is 0 Å². The molecule has 92 valence electrons. The van der Waals surface area contributed by atoms with Crippen LogP contribution in [0.3, 0.4) is 0 Å². The SMILES string of the molecule is C[C@@H](Br)C(=O)c1ccc(Oc2ccccc2)cc1. The van der Waals surface area contributed by atoms with Gasteiger partial charge in [0.1, 0.15) is 11.5 Å². The first-order valence-corrected chi connectivity index (χ1v) is 6.59. The van der Waals surface area contributed by atoms with Gasteiger partial charge in [0.05, 0.1) is 4.83 Å². The number of carbonyl (C=O) groups excluding carboxylic acids is 1. The van der Waals surface area contributed by atoms with Crippen LogP contribution in [0.2, 0.25) is 0 Å². The molecule has 3 heteroatoms. The van der Waals surface area contributed by atoms with E-state index in [2.05, 4.69) is 15.9 Å². The summed E-state index contributed by atoms with van der Waals surface area (Å²) in [5.74, 6) is 1.58. The van der Waals surface area contributed by atoms with Crippen molar-refractivity contribution in [1.82, 2.24) is 0 Å². The highest BCUT2D eigenvalue weighted by molar-refractivity contribution is 9.10. The van der Waals surface area contributed by atoms with Gasteiger partial charge in [0.2, 0.25) is 0 Å². The summed E-state index contributed by atoms with van der Waals surface area (Å²) in [5, 5.41) is 0. The van der Waals surface area contributed by atoms with Crippen LogP contribution in [0.25, 0.3) is 0 Å². The summed E-state index contributed by atoms with van der Waals surface area (Å²) >= 11 is 3.27. The average Bonchev–Trinajstić information content (AvgIpc) is 2.40. The van der Waals surface area contributed by atoms with Gasteiger partial charge in [-0.2, -0.15) is 0 Å². The van der Waals surface area contributed by atoms with Crippen molar-refractivity contribution in [1.29, 1.82) is 0 Å². The number of benzene rings is 2. The van der Waals surface area contributed by atoms with Crippen LogP contribution in [-0.2, 0) is 0 Å². The molecule has 2 aromatic carbocycles. The van der Waals surface area contributed by atoms with Crippen molar-refractivity contribution in [3.63, 3.8) is 0 Å². The maximum Gasteiger partial charge on any atom is 0.176 e. The molecule has 1 atom stereocenters. The van der Waals surface area contributed by atoms with Crippen LogP contribution in [-0.4, -0.2) is 10.6 Å². The van der Waals surface area contributed by atoms with E-state index in [0.29, 0.717) is 5.56 Å². The summed E-state index contributed by atoms with van der Waals surface area (Å²) in [5.41, 5.74) is 0.680. The third-order valence-electron chi connectivity index (χ3n) is 2.48. The first-order chi connectivity index (χ1) is 8.66. The zero-order valence-corrected chi connectivity index (χ0v) is 11.6. The lowest BCUT2D eigenvalue weighted by molar-refractivity contribution is 0.0996. The molecule has 0 amide bonds. The quantitative estimate of drug-likeness (QED) is 0.616. The molecule has 0 N–H and O–H groups in total. The molecule has 0 heterocycles. The molecule has 2 nitrogen and oxygen atoms in total. The van der Waals surface area contributed by atoms with Gasteiger partial charge in [0.15, 0.2) is 5.78 Å². The molecule has 0 unspecified atom stereocenters. The van der Waals surface area contributed by atoms with E-state index in [1.165, 1.54) is 0 Å². The van der Waals surface area contributed by atoms with Gasteiger partial charge in [-0.1, -0.05) is 34.1 Å². The van der Waals surface area contributed by atoms with E-state index in [-0.39, 0.29) is 10.6 Å². The van der Waals surface area contributed by atoms with Gasteiger partial charge in [0.25, 0.3) is 0 Å². The van der Waals surface area contributed by atoms with Crippen molar-refractivity contribution in [2.45, 2.75) is 11.8 Å². The molecule has 0 spiro atoms. The largest absolute Gasteiger partial charge is 0.457 e. The van der Waals surface area contributed by atoms with Gasteiger partial charge in [-0.15, -0.1) is 0 Å². The number of alkyl halides is 1. The summed E-state index contributed by atoms with van der Waals surface area (Å²) in [6.07, 6.45) is 0. The molecule has 0 saturated heterocycles. The van der Waals surface area contributed by atoms with E-state index in [9.17, 15) is 4.79 Å². The Kier molecular flexibility index (Phi) is 4.15. The molecule has 0 bridgehead atoms. The van der Waals surface area contributed by atoms with Crippen LogP contribution in [0.5, 0.6) is 11.5 Å². The number of hydrogen-bond acceptors (Lipinski definition) is 2. The van der Waals surface area contributed by atoms with E-state index in [0.717, 1.165) is 11.5 Å². The molecule has 0 aliphatic rings. The fraction of sp³-hybridized carbons (Fsp3) is 0.133. The lowest BCUT2D eigenvalue weighted by Gasteiger charge is -2.07. The van der Waals surface area contributed by atoms with Crippen molar-refractivity contribution in [3.8, 4) is 11.5 Å². The number of para-hydroxylation sites is 1. The van der Waals surface area contributed by atoms with E-state index in [1.54, 1.807) is 24.3 Å². The van der Waals surface area contributed by atoms with E-state index in [4.69, 9.17) is 4.74 Å². The Morgan fingerprint density at radius 2 is 1.56 bits per heavy atom. The second kappa shape index (κ2) is 5.83. The highest BCUT2D eigenvalue weighted by Gasteiger charge is 2.11. The molecule has 0 aliphatic carbocycles. The molecular formula is C15H13BrO2. The van der Waals surface area contributed by atoms with Crippen LogP contribution in [0, 0.1) is 0 Å². The lowest BCUT2D eigenvalue weighted by atomic mass is 10.1. The minimum absolute atomic E-state index is 0.0706. The number of halogens is 1. The molecule has 2 rings (SSSR count). The first kappa shape index (κ1) is 12.8. The minimum Gasteiger partial charge on any atom is -0.457 e. The monoisotopic (exact) mass is 304 g/mol. The van der Waals surface area contributed by atoms with Crippen molar-refractivity contribution in [3.05, 3.63) is 60.2 Å². The smallest absolute Gasteiger partial charge is 0.176 e. The highest BCUT2D eigenvalue weighted by Crippen LogP contribution is 2.22. The van der Waals surface area contributed by atoms with Crippen LogP contribution >= 0.6 is 15.9 Å². The number of Topliss-reactive ketones (excluding diaryl/α,β-unsaturated/α-hetero) is 1. The Labute approximate surface area is 115 Å². The van der Waals surface area contributed by atoms with Crippen molar-refractivity contribution in [2.24, 2.45) is 0 Å². The number of carbonyl (C=O) groups is 1. The number of ketones is 1. The summed E-state index contributed by atoms with van der Waals surface area (Å²) in [6, 6.07) is 16.7. The predicted octanol–water partition coefficient (Wildman–Crippen LogP) is 4.45. The summed E-state index contributed by atoms with van der Waals surface area (Å²) in [7, 11) is 0. The number of ether oxygens (including phenoxy) is 1. The summed E-state index contributed by atoms with van der Waals surface area (Å²) in [6.45, 7) is 1.82. The molecule has 18 heavy (non-hydrogen) atoms. The molecule has 2 aromatic rings. The van der Waals surface area contributed by atoms with Gasteiger partial charge in [-0.3, -0.25) is 4.79 Å². The van der Waals surface area contributed by atoms with Crippen LogP contribution in [0.15, 0.2) is 54.6 Å². The predicted molar refractivity (Wildman–Crippen MR) is 75.7 cm³/mol. The van der Waals surface area contributed by atoms with Gasteiger partial charge in [0, 0.05) is 5.56 Å². The fourth-order valence-electron chi connectivity index (χ4n) is 1.54. The van der Waals surface area contributed by atoms with Crippen LogP contribution in [0.1, 0.15) is 17.3 Å². The average molecular weight is 305 g/mol. The van der Waals surface area contributed by atoms with Gasteiger partial charge < -0.3 is 4.74 Å². The molecule has 0 aromatic heterocycles. The van der Waals surface area contributed by atoms with Gasteiger partial charge in [-0.05, 0) is 43.3 Å². The Balaban J connectivity index is 2.11.